The van der Waals surface area contributed by atoms with Gasteiger partial charge in [-0.05, 0) is 49.7 Å². The normalized spacial score (nSPS) is 11.8. The molecule has 0 saturated carbocycles. The van der Waals surface area contributed by atoms with E-state index in [2.05, 4.69) is 4.98 Å². The van der Waals surface area contributed by atoms with Crippen molar-refractivity contribution in [3.8, 4) is 5.75 Å². The third-order valence-electron chi connectivity index (χ3n) is 4.52. The maximum atomic E-state index is 12.7. The van der Waals surface area contributed by atoms with Crippen molar-refractivity contribution in [2.45, 2.75) is 18.7 Å². The highest BCUT2D eigenvalue weighted by Gasteiger charge is 2.20. The molecule has 1 aromatic heterocycles. The fourth-order valence-corrected chi connectivity index (χ4v) is 4.08. The number of benzene rings is 3. The highest BCUT2D eigenvalue weighted by Crippen LogP contribution is 2.36. The summed E-state index contributed by atoms with van der Waals surface area (Å²) in [5.41, 5.74) is 2.80. The monoisotopic (exact) mass is 396 g/mol. The Labute approximate surface area is 160 Å². The van der Waals surface area contributed by atoms with Gasteiger partial charge in [0.25, 0.3) is 5.69 Å². The summed E-state index contributed by atoms with van der Waals surface area (Å²) in [5.74, 6) is 0.148. The Balaban J connectivity index is 1.88. The Bertz CT molecular complexity index is 1340. The van der Waals surface area contributed by atoms with E-state index < -0.39 is 15.0 Å². The van der Waals surface area contributed by atoms with Gasteiger partial charge in [-0.3, -0.25) is 10.1 Å². The van der Waals surface area contributed by atoms with E-state index >= 15 is 0 Å². The first-order valence-corrected chi connectivity index (χ1v) is 9.87. The zero-order chi connectivity index (χ0) is 20.1. The molecule has 0 unspecified atom stereocenters. The standard InChI is InChI=1S/C20H16N2O5S/c1-12-3-6-15(7-4-12)28(25,26)27-19-10-13(2)9-17-16-11-14(22(23)24)5-8-18(16)21-20(17)19/h3-11,21H,1-2H3. The van der Waals surface area contributed by atoms with Gasteiger partial charge < -0.3 is 9.17 Å². The lowest BCUT2D eigenvalue weighted by molar-refractivity contribution is -0.384. The fourth-order valence-electron chi connectivity index (χ4n) is 3.14. The second kappa shape index (κ2) is 6.35. The van der Waals surface area contributed by atoms with Crippen LogP contribution in [0.4, 0.5) is 5.69 Å². The minimum atomic E-state index is -4.03. The van der Waals surface area contributed by atoms with E-state index in [9.17, 15) is 18.5 Å². The minimum absolute atomic E-state index is 0.0374. The Morgan fingerprint density at radius 3 is 2.32 bits per heavy atom. The summed E-state index contributed by atoms with van der Waals surface area (Å²) in [6, 6.07) is 14.3. The number of fused-ring (bicyclic) bond motifs is 3. The summed E-state index contributed by atoms with van der Waals surface area (Å²) < 4.78 is 30.8. The number of nitrogens with zero attached hydrogens (tertiary/aromatic N) is 1. The first kappa shape index (κ1) is 18.0. The molecular weight excluding hydrogens is 380 g/mol. The van der Waals surface area contributed by atoms with Gasteiger partial charge in [-0.25, -0.2) is 0 Å². The number of aromatic amines is 1. The molecule has 7 nitrogen and oxygen atoms in total. The summed E-state index contributed by atoms with van der Waals surface area (Å²) in [6.07, 6.45) is 0. The lowest BCUT2D eigenvalue weighted by Gasteiger charge is -2.09. The van der Waals surface area contributed by atoms with E-state index in [-0.39, 0.29) is 16.3 Å². The van der Waals surface area contributed by atoms with Crippen molar-refractivity contribution in [3.63, 3.8) is 0 Å². The van der Waals surface area contributed by atoms with Crippen LogP contribution in [0.5, 0.6) is 5.75 Å². The number of hydrogen-bond donors (Lipinski definition) is 1. The smallest absolute Gasteiger partial charge is 0.339 e. The van der Waals surface area contributed by atoms with Crippen LogP contribution in [0, 0.1) is 24.0 Å². The number of nitro benzene ring substituents is 1. The minimum Gasteiger partial charge on any atom is -0.377 e. The summed E-state index contributed by atoms with van der Waals surface area (Å²) in [4.78, 5) is 13.8. The topological polar surface area (TPSA) is 102 Å². The van der Waals surface area contributed by atoms with E-state index in [1.807, 2.05) is 13.0 Å². The molecule has 4 aromatic rings. The molecule has 0 amide bonds. The van der Waals surface area contributed by atoms with Gasteiger partial charge >= 0.3 is 10.1 Å². The Hall–Kier alpha value is -3.39. The van der Waals surface area contributed by atoms with Crippen molar-refractivity contribution in [2.24, 2.45) is 0 Å². The van der Waals surface area contributed by atoms with Crippen LogP contribution < -0.4 is 4.18 Å². The largest absolute Gasteiger partial charge is 0.377 e. The van der Waals surface area contributed by atoms with Crippen molar-refractivity contribution in [1.82, 2.24) is 4.98 Å². The average molecular weight is 396 g/mol. The highest BCUT2D eigenvalue weighted by molar-refractivity contribution is 7.87. The van der Waals surface area contributed by atoms with E-state index in [0.29, 0.717) is 21.8 Å². The van der Waals surface area contributed by atoms with E-state index in [1.165, 1.54) is 24.3 Å². The zero-order valence-electron chi connectivity index (χ0n) is 15.1. The summed E-state index contributed by atoms with van der Waals surface area (Å²) >= 11 is 0. The van der Waals surface area contributed by atoms with Crippen molar-refractivity contribution in [3.05, 3.63) is 75.8 Å². The number of rotatable bonds is 4. The number of non-ortho nitro benzene ring substituents is 1. The van der Waals surface area contributed by atoms with Crippen LogP contribution in [0.3, 0.4) is 0 Å². The van der Waals surface area contributed by atoms with Crippen LogP contribution in [-0.2, 0) is 10.1 Å². The molecular formula is C20H16N2O5S. The van der Waals surface area contributed by atoms with Crippen molar-refractivity contribution in [2.75, 3.05) is 0 Å². The number of hydrogen-bond acceptors (Lipinski definition) is 5. The first-order chi connectivity index (χ1) is 13.2. The zero-order valence-corrected chi connectivity index (χ0v) is 15.9. The lowest BCUT2D eigenvalue weighted by Crippen LogP contribution is -2.10. The van der Waals surface area contributed by atoms with Crippen LogP contribution in [0.15, 0.2) is 59.5 Å². The van der Waals surface area contributed by atoms with Gasteiger partial charge in [0, 0.05) is 28.4 Å². The number of nitro groups is 1. The summed E-state index contributed by atoms with van der Waals surface area (Å²) in [7, 11) is -4.03. The maximum absolute atomic E-state index is 12.7. The first-order valence-electron chi connectivity index (χ1n) is 8.46. The van der Waals surface area contributed by atoms with Gasteiger partial charge in [0.1, 0.15) is 4.90 Å². The number of aryl methyl sites for hydroxylation is 2. The Morgan fingerprint density at radius 2 is 1.64 bits per heavy atom. The van der Waals surface area contributed by atoms with Gasteiger partial charge in [-0.2, -0.15) is 8.42 Å². The predicted molar refractivity (Wildman–Crippen MR) is 106 cm³/mol. The molecule has 4 rings (SSSR count). The number of aromatic nitrogens is 1. The third kappa shape index (κ3) is 3.07. The van der Waals surface area contributed by atoms with Crippen molar-refractivity contribution >= 4 is 37.6 Å². The van der Waals surface area contributed by atoms with Gasteiger partial charge in [-0.1, -0.05) is 17.7 Å². The predicted octanol–water partition coefficient (Wildman–Crippen LogP) is 4.61. The molecule has 3 aromatic carbocycles. The second-order valence-electron chi connectivity index (χ2n) is 6.65. The highest BCUT2D eigenvalue weighted by atomic mass is 32.2. The molecule has 0 bridgehead atoms. The molecule has 0 aliphatic rings. The van der Waals surface area contributed by atoms with Crippen LogP contribution in [0.2, 0.25) is 0 Å². The van der Waals surface area contributed by atoms with E-state index in [0.717, 1.165) is 11.1 Å². The van der Waals surface area contributed by atoms with Crippen molar-refractivity contribution in [1.29, 1.82) is 0 Å². The average Bonchev–Trinajstić information content (AvgIpc) is 3.00. The molecule has 0 atom stereocenters. The molecule has 0 spiro atoms. The summed E-state index contributed by atoms with van der Waals surface area (Å²) in [6.45, 7) is 3.67. The number of nitrogens with one attached hydrogen (secondary N) is 1. The molecule has 0 fully saturated rings. The molecule has 142 valence electrons. The van der Waals surface area contributed by atoms with Gasteiger partial charge in [0.05, 0.1) is 10.4 Å². The van der Waals surface area contributed by atoms with Crippen LogP contribution in [0.25, 0.3) is 21.8 Å². The van der Waals surface area contributed by atoms with E-state index in [1.54, 1.807) is 31.2 Å². The van der Waals surface area contributed by atoms with Gasteiger partial charge in [0.15, 0.2) is 5.75 Å². The fraction of sp³-hybridized carbons (Fsp3) is 0.100. The molecule has 0 aliphatic carbocycles. The van der Waals surface area contributed by atoms with Crippen molar-refractivity contribution < 1.29 is 17.5 Å². The number of H-pyrrole nitrogens is 1. The maximum Gasteiger partial charge on any atom is 0.339 e. The molecule has 8 heteroatoms. The van der Waals surface area contributed by atoms with Gasteiger partial charge in [0.2, 0.25) is 0 Å². The van der Waals surface area contributed by atoms with Crippen LogP contribution >= 0.6 is 0 Å². The summed E-state index contributed by atoms with van der Waals surface area (Å²) in [5, 5.41) is 12.4. The SMILES string of the molecule is Cc1ccc(S(=O)(=O)Oc2cc(C)cc3c2[nH]c2ccc([N+](=O)[O-])cc23)cc1. The Morgan fingerprint density at radius 1 is 0.929 bits per heavy atom. The molecule has 1 N–H and O–H groups in total. The molecule has 0 aliphatic heterocycles. The Kier molecular flexibility index (Phi) is 4.08. The molecule has 0 radical (unpaired) electrons. The quantitative estimate of drug-likeness (QED) is 0.308. The van der Waals surface area contributed by atoms with Gasteiger partial charge in [-0.15, -0.1) is 0 Å². The second-order valence-corrected chi connectivity index (χ2v) is 8.19. The van der Waals surface area contributed by atoms with Crippen LogP contribution in [-0.4, -0.2) is 18.3 Å². The van der Waals surface area contributed by atoms with E-state index in [4.69, 9.17) is 4.18 Å². The lowest BCUT2D eigenvalue weighted by atomic mass is 10.1. The molecule has 1 heterocycles. The van der Waals surface area contributed by atoms with Crippen LogP contribution in [0.1, 0.15) is 11.1 Å². The molecule has 0 saturated heterocycles. The third-order valence-corrected chi connectivity index (χ3v) is 5.77. The molecule has 28 heavy (non-hydrogen) atoms.